The average molecular weight is 288 g/mol. The molecule has 0 fully saturated rings. The molecule has 19 heavy (non-hydrogen) atoms. The number of nitrogen functional groups attached to an aromatic ring is 1. The molecule has 2 aromatic carbocycles. The molecule has 2 nitrogen and oxygen atoms in total. The monoisotopic (exact) mass is 287 g/mol. The summed E-state index contributed by atoms with van der Waals surface area (Å²) in [6.45, 7) is 0. The Morgan fingerprint density at radius 3 is 2.37 bits per heavy atom. The highest BCUT2D eigenvalue weighted by Gasteiger charge is 2.31. The Morgan fingerprint density at radius 2 is 1.74 bits per heavy atom. The van der Waals surface area contributed by atoms with Crippen LogP contribution >= 0.6 is 11.6 Å². The van der Waals surface area contributed by atoms with Gasteiger partial charge in [-0.25, -0.2) is 0 Å². The van der Waals surface area contributed by atoms with E-state index in [1.807, 2.05) is 0 Å². The van der Waals surface area contributed by atoms with E-state index in [9.17, 15) is 13.2 Å². The van der Waals surface area contributed by atoms with Gasteiger partial charge in [0.1, 0.15) is 5.75 Å². The van der Waals surface area contributed by atoms with Crippen LogP contribution in [0.1, 0.15) is 0 Å². The molecular weight excluding hydrogens is 279 g/mol. The number of hydrogen-bond acceptors (Lipinski definition) is 2. The quantitative estimate of drug-likeness (QED) is 0.826. The van der Waals surface area contributed by atoms with Gasteiger partial charge in [-0.3, -0.25) is 0 Å². The Balaban J connectivity index is 2.37. The number of halogens is 4. The third-order valence-electron chi connectivity index (χ3n) is 2.32. The van der Waals surface area contributed by atoms with Gasteiger partial charge < -0.3 is 10.5 Å². The van der Waals surface area contributed by atoms with Gasteiger partial charge in [0.25, 0.3) is 0 Å². The molecule has 0 aromatic heterocycles. The van der Waals surface area contributed by atoms with Crippen LogP contribution < -0.4 is 10.5 Å². The van der Waals surface area contributed by atoms with Crippen molar-refractivity contribution in [3.8, 4) is 16.9 Å². The normalized spacial score (nSPS) is 11.4. The molecule has 6 heteroatoms. The van der Waals surface area contributed by atoms with Gasteiger partial charge in [-0.15, -0.1) is 13.2 Å². The maximum atomic E-state index is 12.1. The molecule has 0 spiro atoms. The van der Waals surface area contributed by atoms with Crippen LogP contribution in [-0.2, 0) is 0 Å². The average Bonchev–Trinajstić information content (AvgIpc) is 2.25. The molecule has 0 heterocycles. The van der Waals surface area contributed by atoms with E-state index in [4.69, 9.17) is 17.3 Å². The van der Waals surface area contributed by atoms with Gasteiger partial charge in [0, 0.05) is 10.7 Å². The molecular formula is C13H9ClF3NO. The number of ether oxygens (including phenoxy) is 1. The lowest BCUT2D eigenvalue weighted by molar-refractivity contribution is -0.274. The molecule has 0 aliphatic rings. The molecule has 100 valence electrons. The topological polar surface area (TPSA) is 35.2 Å². The van der Waals surface area contributed by atoms with Gasteiger partial charge in [-0.1, -0.05) is 23.7 Å². The van der Waals surface area contributed by atoms with Gasteiger partial charge in [0.2, 0.25) is 0 Å². The highest BCUT2D eigenvalue weighted by atomic mass is 35.5. The zero-order chi connectivity index (χ0) is 14.0. The van der Waals surface area contributed by atoms with Crippen molar-refractivity contribution >= 4 is 17.3 Å². The summed E-state index contributed by atoms with van der Waals surface area (Å²) in [7, 11) is 0. The second-order valence-corrected chi connectivity index (χ2v) is 4.29. The van der Waals surface area contributed by atoms with Gasteiger partial charge in [0.15, 0.2) is 0 Å². The summed E-state index contributed by atoms with van der Waals surface area (Å²) in [6.07, 6.45) is -4.72. The maximum Gasteiger partial charge on any atom is 0.573 e. The van der Waals surface area contributed by atoms with Crippen molar-refractivity contribution in [2.45, 2.75) is 6.36 Å². The van der Waals surface area contributed by atoms with Crippen LogP contribution in [0.25, 0.3) is 11.1 Å². The molecule has 0 radical (unpaired) electrons. The molecule has 0 bridgehead atoms. The summed E-state index contributed by atoms with van der Waals surface area (Å²) in [5, 5.41) is 0.414. The third-order valence-corrected chi connectivity index (χ3v) is 2.54. The first-order valence-corrected chi connectivity index (χ1v) is 5.63. The molecule has 0 saturated heterocycles. The van der Waals surface area contributed by atoms with E-state index < -0.39 is 6.36 Å². The van der Waals surface area contributed by atoms with Crippen molar-refractivity contribution < 1.29 is 17.9 Å². The lowest BCUT2D eigenvalue weighted by atomic mass is 10.0. The number of hydrogen-bond donors (Lipinski definition) is 1. The lowest BCUT2D eigenvalue weighted by Crippen LogP contribution is -2.17. The molecule has 0 saturated carbocycles. The molecule has 0 aliphatic carbocycles. The Kier molecular flexibility index (Phi) is 3.57. The van der Waals surface area contributed by atoms with Crippen molar-refractivity contribution in [1.29, 1.82) is 0 Å². The Bertz CT molecular complexity index is 578. The zero-order valence-corrected chi connectivity index (χ0v) is 10.3. The Hall–Kier alpha value is -1.88. The van der Waals surface area contributed by atoms with E-state index in [1.165, 1.54) is 18.2 Å². The van der Waals surface area contributed by atoms with Gasteiger partial charge in [-0.05, 0) is 41.5 Å². The van der Waals surface area contributed by atoms with Crippen molar-refractivity contribution in [3.05, 3.63) is 47.5 Å². The second-order valence-electron chi connectivity index (χ2n) is 3.85. The standard InChI is InChI=1S/C13H9ClF3NO/c14-10-4-9(5-11(18)7-10)8-2-1-3-12(6-8)19-13(15,16)17/h1-7H,18H2. The number of anilines is 1. The third kappa shape index (κ3) is 3.79. The van der Waals surface area contributed by atoms with E-state index in [0.717, 1.165) is 0 Å². The van der Waals surface area contributed by atoms with E-state index in [1.54, 1.807) is 24.3 Å². The van der Waals surface area contributed by atoms with E-state index in [-0.39, 0.29) is 5.75 Å². The number of nitrogens with two attached hydrogens (primary N) is 1. The molecule has 2 N–H and O–H groups in total. The first-order valence-electron chi connectivity index (χ1n) is 5.26. The summed E-state index contributed by atoms with van der Waals surface area (Å²) in [5.74, 6) is -0.288. The SMILES string of the molecule is Nc1cc(Cl)cc(-c2cccc(OC(F)(F)F)c2)c1. The number of benzene rings is 2. The van der Waals surface area contributed by atoms with Gasteiger partial charge in [-0.2, -0.15) is 0 Å². The maximum absolute atomic E-state index is 12.1. The second kappa shape index (κ2) is 5.01. The van der Waals surface area contributed by atoms with Gasteiger partial charge >= 0.3 is 6.36 Å². The highest BCUT2D eigenvalue weighted by molar-refractivity contribution is 6.31. The van der Waals surface area contributed by atoms with Crippen molar-refractivity contribution in [2.24, 2.45) is 0 Å². The summed E-state index contributed by atoms with van der Waals surface area (Å²) in [4.78, 5) is 0. The summed E-state index contributed by atoms with van der Waals surface area (Å²) < 4.78 is 40.3. The molecule has 0 unspecified atom stereocenters. The predicted molar refractivity (Wildman–Crippen MR) is 68.0 cm³/mol. The highest BCUT2D eigenvalue weighted by Crippen LogP contribution is 2.30. The minimum absolute atomic E-state index is 0.288. The summed E-state index contributed by atoms with van der Waals surface area (Å²) in [5.41, 5.74) is 7.24. The first kappa shape index (κ1) is 13.5. The first-order chi connectivity index (χ1) is 8.83. The molecule has 0 amide bonds. The van der Waals surface area contributed by atoms with E-state index in [2.05, 4.69) is 4.74 Å². The fourth-order valence-electron chi connectivity index (χ4n) is 1.65. The number of alkyl halides is 3. The molecule has 2 aromatic rings. The molecule has 2 rings (SSSR count). The van der Waals surface area contributed by atoms with E-state index in [0.29, 0.717) is 21.8 Å². The van der Waals surface area contributed by atoms with Crippen molar-refractivity contribution in [1.82, 2.24) is 0 Å². The smallest absolute Gasteiger partial charge is 0.406 e. The van der Waals surface area contributed by atoms with Crippen LogP contribution in [-0.4, -0.2) is 6.36 Å². The van der Waals surface area contributed by atoms with Crippen molar-refractivity contribution in [2.75, 3.05) is 5.73 Å². The van der Waals surface area contributed by atoms with Crippen LogP contribution in [0.15, 0.2) is 42.5 Å². The summed E-state index contributed by atoms with van der Waals surface area (Å²) >= 11 is 5.86. The van der Waals surface area contributed by atoms with Crippen LogP contribution in [0.4, 0.5) is 18.9 Å². The minimum Gasteiger partial charge on any atom is -0.406 e. The minimum atomic E-state index is -4.72. The van der Waals surface area contributed by atoms with Crippen LogP contribution in [0, 0.1) is 0 Å². The molecule has 0 aliphatic heterocycles. The van der Waals surface area contributed by atoms with Crippen LogP contribution in [0.3, 0.4) is 0 Å². The van der Waals surface area contributed by atoms with Crippen LogP contribution in [0.2, 0.25) is 5.02 Å². The Labute approximate surface area is 112 Å². The zero-order valence-electron chi connectivity index (χ0n) is 9.54. The number of rotatable bonds is 2. The largest absolute Gasteiger partial charge is 0.573 e. The Morgan fingerprint density at radius 1 is 1.00 bits per heavy atom. The van der Waals surface area contributed by atoms with Gasteiger partial charge in [0.05, 0.1) is 0 Å². The lowest BCUT2D eigenvalue weighted by Gasteiger charge is -2.10. The van der Waals surface area contributed by atoms with Crippen molar-refractivity contribution in [3.63, 3.8) is 0 Å². The van der Waals surface area contributed by atoms with Crippen LogP contribution in [0.5, 0.6) is 5.75 Å². The predicted octanol–water partition coefficient (Wildman–Crippen LogP) is 4.49. The summed E-state index contributed by atoms with van der Waals surface area (Å²) in [6, 6.07) is 10.4. The molecule has 0 atom stereocenters. The fraction of sp³-hybridized carbons (Fsp3) is 0.0769. The van der Waals surface area contributed by atoms with E-state index >= 15 is 0 Å². The fourth-order valence-corrected chi connectivity index (χ4v) is 1.90.